The Kier molecular flexibility index (Phi) is 7.66. The van der Waals surface area contributed by atoms with Gasteiger partial charge in [-0.3, -0.25) is 18.7 Å². The Bertz CT molecular complexity index is 1360. The molecule has 1 aliphatic carbocycles. The molecule has 16 heteroatoms. The number of ether oxygens (including phenoxy) is 2. The Balaban J connectivity index is 1.43. The standard InChI is InChI=1S/C23H24F6N6O4/c1-34-11-15(18(30)36)20(33-34)39-13-4-2-12(3-5-13)31-19(37)17-16-7-6-14(38-9-8-22(24,25)26)10-35(16)21(32-17)23(27,28)29/h6-7,10-13H,2-5,8-9H2,1H3,(H2,30,36)(H,31,37). The largest absolute Gasteiger partial charge is 0.492 e. The van der Waals surface area contributed by atoms with Crippen molar-refractivity contribution in [1.29, 1.82) is 0 Å². The lowest BCUT2D eigenvalue weighted by Gasteiger charge is -2.28. The summed E-state index contributed by atoms with van der Waals surface area (Å²) in [6.07, 6.45) is -6.94. The summed E-state index contributed by atoms with van der Waals surface area (Å²) in [5.74, 6) is -3.08. The van der Waals surface area contributed by atoms with E-state index in [1.807, 2.05) is 0 Å². The number of pyridine rings is 1. The van der Waals surface area contributed by atoms with Crippen LogP contribution in [0.3, 0.4) is 0 Å². The number of alkyl halides is 6. The van der Waals surface area contributed by atoms with Crippen LogP contribution in [0.1, 0.15) is 58.8 Å². The third-order valence-corrected chi connectivity index (χ3v) is 6.08. The van der Waals surface area contributed by atoms with Crippen LogP contribution in [0.5, 0.6) is 11.6 Å². The highest BCUT2D eigenvalue weighted by molar-refractivity contribution is 5.99. The van der Waals surface area contributed by atoms with Crippen LogP contribution in [-0.4, -0.2) is 55.9 Å². The number of hydrogen-bond donors (Lipinski definition) is 2. The van der Waals surface area contributed by atoms with Crippen molar-refractivity contribution in [1.82, 2.24) is 24.5 Å². The molecule has 3 N–H and O–H groups in total. The first-order valence-electron chi connectivity index (χ1n) is 11.8. The number of nitrogens with one attached hydrogen (secondary N) is 1. The van der Waals surface area contributed by atoms with Crippen molar-refractivity contribution in [2.75, 3.05) is 6.61 Å². The average Bonchev–Trinajstić information content (AvgIpc) is 3.40. The maximum absolute atomic E-state index is 13.6. The van der Waals surface area contributed by atoms with Gasteiger partial charge in [0, 0.05) is 19.3 Å². The van der Waals surface area contributed by atoms with E-state index in [1.165, 1.54) is 16.9 Å². The Labute approximate surface area is 217 Å². The second kappa shape index (κ2) is 10.6. The number of carbonyl (C=O) groups is 2. The zero-order chi connectivity index (χ0) is 28.5. The second-order valence-corrected chi connectivity index (χ2v) is 9.07. The quantitative estimate of drug-likeness (QED) is 0.404. The highest BCUT2D eigenvalue weighted by Gasteiger charge is 2.39. The molecule has 212 valence electrons. The van der Waals surface area contributed by atoms with Crippen LogP contribution in [0.15, 0.2) is 24.5 Å². The molecule has 0 spiro atoms. The van der Waals surface area contributed by atoms with Crippen molar-refractivity contribution < 1.29 is 45.4 Å². The van der Waals surface area contributed by atoms with Crippen LogP contribution in [-0.2, 0) is 13.2 Å². The van der Waals surface area contributed by atoms with Crippen molar-refractivity contribution in [2.45, 2.75) is 56.6 Å². The molecule has 39 heavy (non-hydrogen) atoms. The number of nitrogens with two attached hydrogens (primary N) is 1. The topological polar surface area (TPSA) is 126 Å². The van der Waals surface area contributed by atoms with Crippen molar-refractivity contribution in [3.8, 4) is 11.6 Å². The number of halogens is 6. The molecule has 3 aromatic rings. The first-order valence-corrected chi connectivity index (χ1v) is 11.8. The fourth-order valence-corrected chi connectivity index (χ4v) is 4.26. The van der Waals surface area contributed by atoms with Gasteiger partial charge in [-0.2, -0.15) is 26.3 Å². The fraction of sp³-hybridized carbons (Fsp3) is 0.478. The van der Waals surface area contributed by atoms with Gasteiger partial charge in [-0.25, -0.2) is 4.98 Å². The number of aryl methyl sites for hydroxylation is 1. The summed E-state index contributed by atoms with van der Waals surface area (Å²) in [4.78, 5) is 28.0. The highest BCUT2D eigenvalue weighted by atomic mass is 19.4. The number of imidazole rings is 1. The van der Waals surface area contributed by atoms with Crippen molar-refractivity contribution in [3.63, 3.8) is 0 Å². The summed E-state index contributed by atoms with van der Waals surface area (Å²) in [6.45, 7) is -0.783. The number of rotatable bonds is 8. The van der Waals surface area contributed by atoms with Gasteiger partial charge in [0.1, 0.15) is 17.4 Å². The van der Waals surface area contributed by atoms with Gasteiger partial charge in [-0.1, -0.05) is 0 Å². The van der Waals surface area contributed by atoms with E-state index >= 15 is 0 Å². The third-order valence-electron chi connectivity index (χ3n) is 6.08. The van der Waals surface area contributed by atoms with Gasteiger partial charge in [0.25, 0.3) is 11.8 Å². The van der Waals surface area contributed by atoms with E-state index in [0.29, 0.717) is 30.1 Å². The van der Waals surface area contributed by atoms with Crippen LogP contribution >= 0.6 is 0 Å². The molecule has 1 fully saturated rings. The number of amides is 2. The van der Waals surface area contributed by atoms with Crippen LogP contribution in [0.4, 0.5) is 26.3 Å². The molecule has 10 nitrogen and oxygen atoms in total. The normalized spacial score (nSPS) is 18.2. The van der Waals surface area contributed by atoms with Crippen molar-refractivity contribution >= 4 is 17.3 Å². The lowest BCUT2D eigenvalue weighted by atomic mass is 9.93. The summed E-state index contributed by atoms with van der Waals surface area (Å²) < 4.78 is 90.7. The SMILES string of the molecule is Cn1cc(C(N)=O)c(OC2CCC(NC(=O)c3nc(C(F)(F)F)n4cc(OCCC(F)(F)F)ccc34)CC2)n1. The summed E-state index contributed by atoms with van der Waals surface area (Å²) in [7, 11) is 1.61. The molecule has 0 unspecified atom stereocenters. The summed E-state index contributed by atoms with van der Waals surface area (Å²) in [6, 6.07) is 1.92. The molecule has 0 aliphatic heterocycles. The van der Waals surface area contributed by atoms with Gasteiger partial charge < -0.3 is 20.5 Å². The average molecular weight is 562 g/mol. The lowest BCUT2D eigenvalue weighted by Crippen LogP contribution is -2.40. The van der Waals surface area contributed by atoms with Crippen molar-refractivity contribution in [3.05, 3.63) is 41.6 Å². The number of hydrogen-bond acceptors (Lipinski definition) is 6. The van der Waals surface area contributed by atoms with Crippen molar-refractivity contribution in [2.24, 2.45) is 12.8 Å². The first kappa shape index (κ1) is 28.0. The van der Waals surface area contributed by atoms with Gasteiger partial charge in [0.15, 0.2) is 5.69 Å². The summed E-state index contributed by atoms with van der Waals surface area (Å²) in [5, 5.41) is 6.77. The van der Waals surface area contributed by atoms with Gasteiger partial charge in [0.2, 0.25) is 11.7 Å². The maximum atomic E-state index is 13.6. The Hall–Kier alpha value is -3.98. The Morgan fingerprint density at radius 1 is 1.10 bits per heavy atom. The van der Waals surface area contributed by atoms with E-state index in [1.54, 1.807) is 7.05 Å². The molecule has 1 saturated carbocycles. The minimum Gasteiger partial charge on any atom is -0.492 e. The minimum absolute atomic E-state index is 0.100. The van der Waals surface area contributed by atoms with E-state index in [0.717, 1.165) is 12.3 Å². The number of aromatic nitrogens is 4. The van der Waals surface area contributed by atoms with E-state index in [2.05, 4.69) is 15.4 Å². The summed E-state index contributed by atoms with van der Waals surface area (Å²) >= 11 is 0. The molecule has 3 aromatic heterocycles. The zero-order valence-electron chi connectivity index (χ0n) is 20.5. The molecule has 3 heterocycles. The van der Waals surface area contributed by atoms with Crippen LogP contribution in [0.2, 0.25) is 0 Å². The van der Waals surface area contributed by atoms with Crippen LogP contribution in [0, 0.1) is 0 Å². The number of carbonyl (C=O) groups excluding carboxylic acids is 2. The molecule has 0 atom stereocenters. The van der Waals surface area contributed by atoms with Gasteiger partial charge in [-0.15, -0.1) is 5.10 Å². The summed E-state index contributed by atoms with van der Waals surface area (Å²) in [5.41, 5.74) is 4.80. The number of nitrogens with zero attached hydrogens (tertiary/aromatic N) is 4. The molecule has 0 bridgehead atoms. The third kappa shape index (κ3) is 6.72. The predicted molar refractivity (Wildman–Crippen MR) is 122 cm³/mol. The van der Waals surface area contributed by atoms with Gasteiger partial charge >= 0.3 is 12.4 Å². The maximum Gasteiger partial charge on any atom is 0.450 e. The zero-order valence-corrected chi connectivity index (χ0v) is 20.5. The number of fused-ring (bicyclic) bond motifs is 1. The van der Waals surface area contributed by atoms with E-state index in [4.69, 9.17) is 15.2 Å². The Morgan fingerprint density at radius 2 is 1.79 bits per heavy atom. The lowest BCUT2D eigenvalue weighted by molar-refractivity contribution is -0.145. The van der Waals surface area contributed by atoms with E-state index < -0.39 is 48.7 Å². The molecule has 0 aromatic carbocycles. The van der Waals surface area contributed by atoms with E-state index in [-0.39, 0.29) is 34.9 Å². The second-order valence-electron chi connectivity index (χ2n) is 9.07. The number of primary amides is 1. The molecule has 1 aliphatic rings. The molecule has 4 rings (SSSR count). The smallest absolute Gasteiger partial charge is 0.450 e. The molecule has 0 saturated heterocycles. The highest BCUT2D eigenvalue weighted by Crippen LogP contribution is 2.32. The first-order chi connectivity index (χ1) is 18.2. The molecule has 0 radical (unpaired) electrons. The van der Waals surface area contributed by atoms with Gasteiger partial charge in [0.05, 0.1) is 24.7 Å². The van der Waals surface area contributed by atoms with Gasteiger partial charge in [-0.05, 0) is 37.8 Å². The molecule has 2 amide bonds. The molecular weight excluding hydrogens is 538 g/mol. The van der Waals surface area contributed by atoms with E-state index in [9.17, 15) is 35.9 Å². The fourth-order valence-electron chi connectivity index (χ4n) is 4.26. The Morgan fingerprint density at radius 3 is 2.41 bits per heavy atom. The predicted octanol–water partition coefficient (Wildman–Crippen LogP) is 3.64. The molecular formula is C23H24F6N6O4. The van der Waals surface area contributed by atoms with Crippen LogP contribution < -0.4 is 20.5 Å². The van der Waals surface area contributed by atoms with Crippen LogP contribution in [0.25, 0.3) is 5.52 Å². The minimum atomic E-state index is -4.95. The monoisotopic (exact) mass is 562 g/mol.